The molecule has 0 amide bonds. The number of rotatable bonds is 9. The van der Waals surface area contributed by atoms with Crippen LogP contribution in [0.1, 0.15) is 19.3 Å². The SMILES string of the molecule is CS(=O)(=O)c1cccc(OC[C@@H](O)CN[C@@H]2COC3(CCN(S(=O)(=O)c4cnc5ccccc5c4)CC3)C2)c1. The molecule has 2 atom stereocenters. The minimum Gasteiger partial charge on any atom is -0.491 e. The predicted octanol–water partition coefficient (Wildman–Crippen LogP) is 1.98. The Labute approximate surface area is 228 Å². The van der Waals surface area contributed by atoms with Crippen LogP contribution in [0.2, 0.25) is 0 Å². The first-order valence-corrected chi connectivity index (χ1v) is 16.2. The van der Waals surface area contributed by atoms with Gasteiger partial charge in [-0.15, -0.1) is 0 Å². The molecule has 1 aromatic heterocycles. The first-order chi connectivity index (χ1) is 18.5. The molecule has 0 aliphatic carbocycles. The van der Waals surface area contributed by atoms with Gasteiger partial charge in [0.1, 0.15) is 23.4 Å². The van der Waals surface area contributed by atoms with Crippen molar-refractivity contribution in [2.24, 2.45) is 0 Å². The van der Waals surface area contributed by atoms with Crippen LogP contribution in [-0.4, -0.2) is 88.1 Å². The number of aliphatic hydroxyl groups excluding tert-OH is 1. The Morgan fingerprint density at radius 2 is 1.87 bits per heavy atom. The molecule has 0 saturated carbocycles. The summed E-state index contributed by atoms with van der Waals surface area (Å²) in [5, 5.41) is 14.5. The Morgan fingerprint density at radius 1 is 1.10 bits per heavy atom. The maximum Gasteiger partial charge on any atom is 0.244 e. The Hall–Kier alpha value is -2.61. The van der Waals surface area contributed by atoms with Crippen molar-refractivity contribution in [2.45, 2.75) is 46.8 Å². The van der Waals surface area contributed by atoms with Gasteiger partial charge in [0.05, 0.1) is 22.6 Å². The molecule has 1 spiro atoms. The van der Waals surface area contributed by atoms with Crippen LogP contribution in [-0.2, 0) is 24.6 Å². The molecular weight excluding hydrogens is 542 g/mol. The van der Waals surface area contributed by atoms with Crippen molar-refractivity contribution in [3.8, 4) is 5.75 Å². The number of fused-ring (bicyclic) bond motifs is 1. The summed E-state index contributed by atoms with van der Waals surface area (Å²) in [5.41, 5.74) is 0.364. The van der Waals surface area contributed by atoms with E-state index in [0.29, 0.717) is 38.3 Å². The van der Waals surface area contributed by atoms with E-state index in [2.05, 4.69) is 10.3 Å². The highest BCUT2D eigenvalue weighted by molar-refractivity contribution is 7.90. The fraction of sp³-hybridized carbons (Fsp3) is 0.444. The summed E-state index contributed by atoms with van der Waals surface area (Å²) in [6, 6.07) is 15.3. The zero-order valence-electron chi connectivity index (χ0n) is 21.7. The van der Waals surface area contributed by atoms with Gasteiger partial charge < -0.3 is 19.9 Å². The Balaban J connectivity index is 1.10. The van der Waals surface area contributed by atoms with Gasteiger partial charge in [0.2, 0.25) is 10.0 Å². The van der Waals surface area contributed by atoms with Crippen molar-refractivity contribution >= 4 is 30.8 Å². The normalized spacial score (nSPS) is 20.8. The van der Waals surface area contributed by atoms with Crippen molar-refractivity contribution in [3.05, 3.63) is 60.8 Å². The lowest BCUT2D eigenvalue weighted by Gasteiger charge is -2.38. The number of benzene rings is 2. The number of sulfone groups is 1. The number of nitrogens with zero attached hydrogens (tertiary/aromatic N) is 2. The van der Waals surface area contributed by atoms with Crippen molar-refractivity contribution in [1.29, 1.82) is 0 Å². The highest BCUT2D eigenvalue weighted by Crippen LogP contribution is 2.37. The number of nitrogens with one attached hydrogen (secondary N) is 1. The van der Waals surface area contributed by atoms with E-state index >= 15 is 0 Å². The Morgan fingerprint density at radius 3 is 2.64 bits per heavy atom. The summed E-state index contributed by atoms with van der Waals surface area (Å²) in [6.45, 7) is 1.50. The zero-order chi connectivity index (χ0) is 27.7. The predicted molar refractivity (Wildman–Crippen MR) is 146 cm³/mol. The third-order valence-electron chi connectivity index (χ3n) is 7.36. The topological polar surface area (TPSA) is 135 Å². The Kier molecular flexibility index (Phi) is 7.96. The summed E-state index contributed by atoms with van der Waals surface area (Å²) in [5.74, 6) is 0.376. The zero-order valence-corrected chi connectivity index (χ0v) is 23.3. The number of hydrogen-bond donors (Lipinski definition) is 2. The number of hydrogen-bond acceptors (Lipinski definition) is 9. The van der Waals surface area contributed by atoms with Gasteiger partial charge in [-0.05, 0) is 49.6 Å². The number of sulfonamides is 1. The van der Waals surface area contributed by atoms with E-state index in [1.165, 1.54) is 22.6 Å². The maximum atomic E-state index is 13.3. The minimum atomic E-state index is -3.66. The van der Waals surface area contributed by atoms with E-state index in [4.69, 9.17) is 9.47 Å². The molecule has 210 valence electrons. The molecule has 0 radical (unpaired) electrons. The second-order valence-corrected chi connectivity index (χ2v) is 14.2. The summed E-state index contributed by atoms with van der Waals surface area (Å²) in [6.07, 6.45) is 3.66. The van der Waals surface area contributed by atoms with Crippen LogP contribution < -0.4 is 10.1 Å². The fourth-order valence-electron chi connectivity index (χ4n) is 5.15. The number of aliphatic hydroxyl groups is 1. The average Bonchev–Trinajstić information content (AvgIpc) is 3.32. The van der Waals surface area contributed by atoms with Gasteiger partial charge in [-0.25, -0.2) is 16.8 Å². The third kappa shape index (κ3) is 6.42. The molecule has 2 aliphatic rings. The monoisotopic (exact) mass is 575 g/mol. The number of para-hydroxylation sites is 1. The average molecular weight is 576 g/mol. The number of pyridine rings is 1. The highest BCUT2D eigenvalue weighted by atomic mass is 32.2. The second-order valence-electron chi connectivity index (χ2n) is 10.3. The molecule has 2 N–H and O–H groups in total. The smallest absolute Gasteiger partial charge is 0.244 e. The number of piperidine rings is 1. The first-order valence-electron chi connectivity index (χ1n) is 12.9. The summed E-state index contributed by atoms with van der Waals surface area (Å²) >= 11 is 0. The van der Waals surface area contributed by atoms with Crippen LogP contribution in [0.3, 0.4) is 0 Å². The van der Waals surface area contributed by atoms with Gasteiger partial charge in [0.15, 0.2) is 9.84 Å². The van der Waals surface area contributed by atoms with Crippen LogP contribution in [0, 0.1) is 0 Å². The summed E-state index contributed by atoms with van der Waals surface area (Å²) in [4.78, 5) is 4.67. The quantitative estimate of drug-likeness (QED) is 0.393. The number of aromatic nitrogens is 1. The molecule has 39 heavy (non-hydrogen) atoms. The van der Waals surface area contributed by atoms with E-state index in [0.717, 1.165) is 23.6 Å². The van der Waals surface area contributed by atoms with Gasteiger partial charge in [-0.1, -0.05) is 24.3 Å². The van der Waals surface area contributed by atoms with Crippen molar-refractivity contribution < 1.29 is 31.4 Å². The molecule has 2 saturated heterocycles. The van der Waals surface area contributed by atoms with Crippen LogP contribution in [0.25, 0.3) is 10.9 Å². The van der Waals surface area contributed by atoms with Gasteiger partial charge in [-0.3, -0.25) is 4.98 Å². The van der Waals surface area contributed by atoms with Crippen LogP contribution in [0.5, 0.6) is 5.75 Å². The molecular formula is C27H33N3O7S2. The lowest BCUT2D eigenvalue weighted by Crippen LogP contribution is -2.47. The largest absolute Gasteiger partial charge is 0.491 e. The fourth-order valence-corrected chi connectivity index (χ4v) is 7.23. The molecule has 12 heteroatoms. The van der Waals surface area contributed by atoms with E-state index < -0.39 is 31.6 Å². The molecule has 2 fully saturated rings. The van der Waals surface area contributed by atoms with Crippen molar-refractivity contribution in [3.63, 3.8) is 0 Å². The van der Waals surface area contributed by atoms with Gasteiger partial charge in [-0.2, -0.15) is 4.31 Å². The molecule has 5 rings (SSSR count). The minimum absolute atomic E-state index is 0.00931. The summed E-state index contributed by atoms with van der Waals surface area (Å²) in [7, 11) is -7.00. The molecule has 2 aliphatic heterocycles. The van der Waals surface area contributed by atoms with E-state index in [-0.39, 0.29) is 29.0 Å². The molecule has 3 aromatic rings. The van der Waals surface area contributed by atoms with Crippen molar-refractivity contribution in [2.75, 3.05) is 39.1 Å². The molecule has 10 nitrogen and oxygen atoms in total. The summed E-state index contributed by atoms with van der Waals surface area (Å²) < 4.78 is 63.2. The second kappa shape index (κ2) is 11.1. The number of ether oxygens (including phenoxy) is 2. The third-order valence-corrected chi connectivity index (χ3v) is 10.3. The van der Waals surface area contributed by atoms with Crippen LogP contribution in [0.4, 0.5) is 0 Å². The molecule has 0 unspecified atom stereocenters. The molecule has 3 heterocycles. The standard InChI is InChI=1S/C27H33N3O7S2/c1-38(32,33)24-7-4-6-23(14-24)36-19-22(31)16-28-21-15-27(37-18-21)9-11-30(12-10-27)39(34,35)25-13-20-5-2-3-8-26(20)29-17-25/h2-8,13-14,17,21-22,28,31H,9-12,15-16,18-19H2,1H3/t21-,22-/m0/s1. The highest BCUT2D eigenvalue weighted by Gasteiger charge is 2.44. The Bertz CT molecular complexity index is 1540. The van der Waals surface area contributed by atoms with Gasteiger partial charge in [0, 0.05) is 43.5 Å². The van der Waals surface area contributed by atoms with Gasteiger partial charge >= 0.3 is 0 Å². The van der Waals surface area contributed by atoms with Crippen molar-refractivity contribution in [1.82, 2.24) is 14.6 Å². The van der Waals surface area contributed by atoms with Crippen LogP contribution in [0.15, 0.2) is 70.6 Å². The first kappa shape index (κ1) is 27.9. The molecule has 0 bridgehead atoms. The van der Waals surface area contributed by atoms with E-state index in [9.17, 15) is 21.9 Å². The van der Waals surface area contributed by atoms with Crippen LogP contribution >= 0.6 is 0 Å². The van der Waals surface area contributed by atoms with E-state index in [1.807, 2.05) is 24.3 Å². The van der Waals surface area contributed by atoms with E-state index in [1.54, 1.807) is 18.2 Å². The lowest BCUT2D eigenvalue weighted by atomic mass is 9.88. The lowest BCUT2D eigenvalue weighted by molar-refractivity contribution is -0.0312. The maximum absolute atomic E-state index is 13.3. The van der Waals surface area contributed by atoms with Gasteiger partial charge in [0.25, 0.3) is 0 Å². The molecule has 2 aromatic carbocycles.